The van der Waals surface area contributed by atoms with Crippen molar-refractivity contribution in [2.24, 2.45) is 0 Å². The van der Waals surface area contributed by atoms with Crippen molar-refractivity contribution in [2.75, 3.05) is 26.4 Å². The summed E-state index contributed by atoms with van der Waals surface area (Å²) < 4.78 is 10.7. The van der Waals surface area contributed by atoms with Gasteiger partial charge in [0.15, 0.2) is 17.3 Å². The number of fused-ring (bicyclic) bond motifs is 1. The minimum Gasteiger partial charge on any atom is -0.454 e. The van der Waals surface area contributed by atoms with Crippen LogP contribution in [0, 0.1) is 0 Å². The molecule has 0 unspecified atom stereocenters. The smallest absolute Gasteiger partial charge is 0.325 e. The van der Waals surface area contributed by atoms with Crippen molar-refractivity contribution in [2.45, 2.75) is 25.3 Å². The maximum atomic E-state index is 13.1. The van der Waals surface area contributed by atoms with Crippen LogP contribution >= 0.6 is 0 Å². The zero-order valence-electron chi connectivity index (χ0n) is 17.5. The molecule has 3 aliphatic rings. The average Bonchev–Trinajstić information content (AvgIpc) is 3.57. The number of carbonyl (C=O) groups excluding carboxylic acids is 4. The van der Waals surface area contributed by atoms with Gasteiger partial charge in [0.2, 0.25) is 6.79 Å². The van der Waals surface area contributed by atoms with Crippen molar-refractivity contribution >= 4 is 23.6 Å². The summed E-state index contributed by atoms with van der Waals surface area (Å²) in [4.78, 5) is 56.5. The highest BCUT2D eigenvalue weighted by Gasteiger charge is 2.50. The molecule has 2 aromatic rings. The zero-order chi connectivity index (χ0) is 22.5. The van der Waals surface area contributed by atoms with Crippen LogP contribution in [0.4, 0.5) is 4.79 Å². The Morgan fingerprint density at radius 1 is 1.09 bits per heavy atom. The van der Waals surface area contributed by atoms with Gasteiger partial charge >= 0.3 is 6.03 Å². The average molecular weight is 438 g/mol. The molecule has 4 amide bonds. The summed E-state index contributed by atoms with van der Waals surface area (Å²) in [6.45, 7) is 2.64. The number of aromatic amines is 1. The number of benzene rings is 1. The minimum atomic E-state index is -1.34. The van der Waals surface area contributed by atoms with E-state index < -0.39 is 29.8 Å². The molecule has 1 aromatic heterocycles. The number of hydrogen-bond donors (Lipinski definition) is 2. The van der Waals surface area contributed by atoms with E-state index in [1.54, 1.807) is 30.0 Å². The molecule has 0 saturated carbocycles. The van der Waals surface area contributed by atoms with Gasteiger partial charge < -0.3 is 24.7 Å². The highest BCUT2D eigenvalue weighted by atomic mass is 16.7. The van der Waals surface area contributed by atoms with Crippen LogP contribution in [0.2, 0.25) is 0 Å². The van der Waals surface area contributed by atoms with E-state index in [0.29, 0.717) is 35.8 Å². The van der Waals surface area contributed by atoms with Gasteiger partial charge in [0.25, 0.3) is 11.8 Å². The Labute approximate surface area is 183 Å². The fourth-order valence-electron chi connectivity index (χ4n) is 4.25. The van der Waals surface area contributed by atoms with E-state index in [2.05, 4.69) is 10.3 Å². The van der Waals surface area contributed by atoms with Crippen LogP contribution in [0.5, 0.6) is 11.5 Å². The fraction of sp³-hybridized carbons (Fsp3) is 0.364. The van der Waals surface area contributed by atoms with E-state index in [-0.39, 0.29) is 18.3 Å². The van der Waals surface area contributed by atoms with Gasteiger partial charge in [0.1, 0.15) is 11.2 Å². The number of nitrogens with one attached hydrogen (secondary N) is 2. The lowest BCUT2D eigenvalue weighted by atomic mass is 9.91. The van der Waals surface area contributed by atoms with Crippen LogP contribution in [0.1, 0.15) is 46.2 Å². The molecule has 32 heavy (non-hydrogen) atoms. The van der Waals surface area contributed by atoms with Crippen LogP contribution in [-0.2, 0) is 10.3 Å². The van der Waals surface area contributed by atoms with Crippen molar-refractivity contribution in [3.05, 3.63) is 47.3 Å². The lowest BCUT2D eigenvalue weighted by Gasteiger charge is -2.22. The third kappa shape index (κ3) is 3.19. The first-order valence-corrected chi connectivity index (χ1v) is 10.4. The molecule has 0 radical (unpaired) electrons. The largest absolute Gasteiger partial charge is 0.454 e. The van der Waals surface area contributed by atoms with E-state index in [4.69, 9.17) is 9.47 Å². The van der Waals surface area contributed by atoms with Gasteiger partial charge in [-0.25, -0.2) is 4.79 Å². The first-order chi connectivity index (χ1) is 15.4. The first-order valence-electron chi connectivity index (χ1n) is 10.4. The number of hydrogen-bond acceptors (Lipinski definition) is 6. The Bertz CT molecular complexity index is 1140. The summed E-state index contributed by atoms with van der Waals surface area (Å²) >= 11 is 0. The highest BCUT2D eigenvalue weighted by Crippen LogP contribution is 2.37. The number of aromatic nitrogens is 1. The molecule has 4 heterocycles. The van der Waals surface area contributed by atoms with Gasteiger partial charge in [-0.2, -0.15) is 0 Å². The number of likely N-dealkylation sites (tertiary alicyclic amines) is 1. The van der Waals surface area contributed by atoms with Crippen LogP contribution in [-0.4, -0.2) is 64.8 Å². The van der Waals surface area contributed by atoms with Crippen molar-refractivity contribution in [3.63, 3.8) is 0 Å². The predicted molar refractivity (Wildman–Crippen MR) is 110 cm³/mol. The number of imide groups is 1. The molecule has 1 atom stereocenters. The van der Waals surface area contributed by atoms with Crippen LogP contribution in [0.3, 0.4) is 0 Å². The summed E-state index contributed by atoms with van der Waals surface area (Å²) in [5.41, 5.74) is -0.259. The second kappa shape index (κ2) is 7.40. The third-order valence-electron chi connectivity index (χ3n) is 6.16. The Kier molecular flexibility index (Phi) is 4.65. The molecule has 5 rings (SSSR count). The van der Waals surface area contributed by atoms with Crippen LogP contribution in [0.25, 0.3) is 0 Å². The van der Waals surface area contributed by atoms with Gasteiger partial charge in [0.05, 0.1) is 6.54 Å². The van der Waals surface area contributed by atoms with E-state index >= 15 is 0 Å². The van der Waals surface area contributed by atoms with Crippen LogP contribution < -0.4 is 14.8 Å². The van der Waals surface area contributed by atoms with Crippen molar-refractivity contribution < 1.29 is 28.7 Å². The summed E-state index contributed by atoms with van der Waals surface area (Å²) in [5, 5.41) is 2.68. The summed E-state index contributed by atoms with van der Waals surface area (Å²) in [6, 6.07) is 5.81. The number of ether oxygens (including phenoxy) is 2. The Morgan fingerprint density at radius 2 is 1.84 bits per heavy atom. The number of ketones is 1. The number of H-pyrrole nitrogens is 1. The minimum absolute atomic E-state index is 0.0926. The zero-order valence-corrected chi connectivity index (χ0v) is 17.5. The molecule has 2 saturated heterocycles. The topological polar surface area (TPSA) is 121 Å². The first kappa shape index (κ1) is 20.1. The SMILES string of the molecule is C[C@@]1(c2ccc3c(c2)OCO3)NC(=O)N(CC(=O)c2c[nH]c(C(=O)N3CCCC3)c2)C1=O. The van der Waals surface area contributed by atoms with Gasteiger partial charge in [-0.15, -0.1) is 0 Å². The summed E-state index contributed by atoms with van der Waals surface area (Å²) in [7, 11) is 0. The second-order valence-electron chi connectivity index (χ2n) is 8.24. The van der Waals surface area contributed by atoms with Gasteiger partial charge in [-0.1, -0.05) is 6.07 Å². The number of amides is 4. The Balaban J connectivity index is 1.31. The molecule has 0 bridgehead atoms. The number of carbonyl (C=O) groups is 4. The number of Topliss-reactive ketones (excluding diaryl/α,β-unsaturated/α-hetero) is 1. The maximum absolute atomic E-state index is 13.1. The predicted octanol–water partition coefficient (Wildman–Crippen LogP) is 1.63. The molecule has 2 fully saturated rings. The lowest BCUT2D eigenvalue weighted by molar-refractivity contribution is -0.130. The normalized spacial score (nSPS) is 21.9. The number of urea groups is 1. The number of nitrogens with zero attached hydrogens (tertiary/aromatic N) is 2. The van der Waals surface area contributed by atoms with E-state index in [1.165, 1.54) is 12.3 Å². The standard InChI is InChI=1S/C22H22N4O6/c1-22(14-4-5-17-18(9-14)32-12-31-17)20(29)26(21(30)24-22)11-16(27)13-8-15(23-10-13)19(28)25-6-2-3-7-25/h4-5,8-10,23H,2-3,6-7,11-12H2,1H3,(H,24,30)/t22-/m0/s1. The monoisotopic (exact) mass is 438 g/mol. The molecular formula is C22H22N4O6. The molecule has 166 valence electrons. The third-order valence-corrected chi connectivity index (χ3v) is 6.16. The maximum Gasteiger partial charge on any atom is 0.325 e. The van der Waals surface area contributed by atoms with E-state index in [1.807, 2.05) is 0 Å². The Hall–Kier alpha value is -3.82. The molecule has 1 aromatic carbocycles. The van der Waals surface area contributed by atoms with Crippen molar-refractivity contribution in [3.8, 4) is 11.5 Å². The fourth-order valence-corrected chi connectivity index (χ4v) is 4.25. The molecule has 0 spiro atoms. The quantitative estimate of drug-likeness (QED) is 0.541. The second-order valence-corrected chi connectivity index (χ2v) is 8.24. The molecule has 10 heteroatoms. The van der Waals surface area contributed by atoms with E-state index in [9.17, 15) is 19.2 Å². The van der Waals surface area contributed by atoms with Gasteiger partial charge in [-0.3, -0.25) is 19.3 Å². The van der Waals surface area contributed by atoms with E-state index in [0.717, 1.165) is 17.7 Å². The molecular weight excluding hydrogens is 416 g/mol. The molecule has 2 N–H and O–H groups in total. The highest BCUT2D eigenvalue weighted by molar-refractivity contribution is 6.11. The van der Waals surface area contributed by atoms with Gasteiger partial charge in [-0.05, 0) is 43.5 Å². The molecule has 10 nitrogen and oxygen atoms in total. The Morgan fingerprint density at radius 3 is 2.62 bits per heavy atom. The summed E-state index contributed by atoms with van der Waals surface area (Å²) in [5.74, 6) is -0.0959. The van der Waals surface area contributed by atoms with Gasteiger partial charge in [0, 0.05) is 24.8 Å². The summed E-state index contributed by atoms with van der Waals surface area (Å²) in [6.07, 6.45) is 3.36. The van der Waals surface area contributed by atoms with Crippen molar-refractivity contribution in [1.82, 2.24) is 20.1 Å². The molecule has 3 aliphatic heterocycles. The lowest BCUT2D eigenvalue weighted by Crippen LogP contribution is -2.41. The molecule has 0 aliphatic carbocycles. The van der Waals surface area contributed by atoms with Crippen molar-refractivity contribution in [1.29, 1.82) is 0 Å². The van der Waals surface area contributed by atoms with Crippen LogP contribution in [0.15, 0.2) is 30.5 Å². The number of rotatable bonds is 5.